The van der Waals surface area contributed by atoms with Gasteiger partial charge in [-0.25, -0.2) is 0 Å². The van der Waals surface area contributed by atoms with Crippen LogP contribution in [-0.2, 0) is 4.79 Å². The number of hydrogen-bond acceptors (Lipinski definition) is 3. The number of rotatable bonds is 0. The van der Waals surface area contributed by atoms with E-state index in [1.165, 1.54) is 0 Å². The van der Waals surface area contributed by atoms with Crippen LogP contribution in [0.5, 0.6) is 0 Å². The van der Waals surface area contributed by atoms with Crippen molar-refractivity contribution in [1.82, 2.24) is 0 Å². The van der Waals surface area contributed by atoms with Gasteiger partial charge in [-0.15, -0.1) is 0 Å². The maximum atomic E-state index is 11.3. The predicted octanol–water partition coefficient (Wildman–Crippen LogP) is 1.05. The van der Waals surface area contributed by atoms with Gasteiger partial charge in [0.25, 0.3) is 0 Å². The van der Waals surface area contributed by atoms with E-state index in [-0.39, 0.29) is 5.91 Å². The number of carbonyl (C=O) groups is 1. The SMILES string of the molecule is CN1CCC(=O)Nc2ccc(N)cc21. The molecule has 2 rings (SSSR count). The molecule has 0 fully saturated rings. The number of hydrogen-bond donors (Lipinski definition) is 2. The Morgan fingerprint density at radius 1 is 1.50 bits per heavy atom. The number of carbonyl (C=O) groups excluding carboxylic acids is 1. The average molecular weight is 191 g/mol. The monoisotopic (exact) mass is 191 g/mol. The molecule has 1 aromatic rings. The smallest absolute Gasteiger partial charge is 0.226 e. The van der Waals surface area contributed by atoms with Crippen molar-refractivity contribution in [3.05, 3.63) is 18.2 Å². The maximum absolute atomic E-state index is 11.3. The molecule has 1 aromatic carbocycles. The lowest BCUT2D eigenvalue weighted by Crippen LogP contribution is -2.18. The molecule has 0 radical (unpaired) electrons. The van der Waals surface area contributed by atoms with Crippen molar-refractivity contribution in [2.24, 2.45) is 0 Å². The molecule has 1 amide bonds. The molecule has 4 nitrogen and oxygen atoms in total. The molecule has 74 valence electrons. The summed E-state index contributed by atoms with van der Waals surface area (Å²) < 4.78 is 0. The molecule has 0 bridgehead atoms. The number of nitrogens with zero attached hydrogens (tertiary/aromatic N) is 1. The van der Waals surface area contributed by atoms with Crippen LogP contribution >= 0.6 is 0 Å². The van der Waals surface area contributed by atoms with E-state index in [0.717, 1.165) is 17.9 Å². The number of amides is 1. The van der Waals surface area contributed by atoms with Gasteiger partial charge in [0.15, 0.2) is 0 Å². The lowest BCUT2D eigenvalue weighted by atomic mass is 10.2. The maximum Gasteiger partial charge on any atom is 0.226 e. The first kappa shape index (κ1) is 8.87. The summed E-state index contributed by atoms with van der Waals surface area (Å²) in [6.45, 7) is 0.724. The Hall–Kier alpha value is -1.71. The zero-order valence-corrected chi connectivity index (χ0v) is 8.08. The first-order valence-corrected chi connectivity index (χ1v) is 4.57. The summed E-state index contributed by atoms with van der Waals surface area (Å²) in [5, 5.41) is 2.84. The molecule has 0 atom stereocenters. The van der Waals surface area contributed by atoms with E-state index in [0.29, 0.717) is 12.1 Å². The van der Waals surface area contributed by atoms with Crippen molar-refractivity contribution in [1.29, 1.82) is 0 Å². The zero-order valence-electron chi connectivity index (χ0n) is 8.08. The van der Waals surface area contributed by atoms with Crippen LogP contribution < -0.4 is 16.0 Å². The Kier molecular flexibility index (Phi) is 2.04. The second-order valence-electron chi connectivity index (χ2n) is 3.50. The standard InChI is InChI=1S/C10H13N3O/c1-13-5-4-10(14)12-8-3-2-7(11)6-9(8)13/h2-3,6H,4-5,11H2,1H3,(H,12,14). The highest BCUT2D eigenvalue weighted by Gasteiger charge is 2.15. The molecule has 0 aliphatic carbocycles. The van der Waals surface area contributed by atoms with E-state index >= 15 is 0 Å². The normalized spacial score (nSPS) is 15.8. The molecule has 1 heterocycles. The van der Waals surface area contributed by atoms with Crippen molar-refractivity contribution in [2.75, 3.05) is 29.5 Å². The minimum absolute atomic E-state index is 0.0559. The molecular weight excluding hydrogens is 178 g/mol. The van der Waals surface area contributed by atoms with E-state index in [1.807, 2.05) is 24.1 Å². The Morgan fingerprint density at radius 2 is 2.29 bits per heavy atom. The molecule has 0 aromatic heterocycles. The Morgan fingerprint density at radius 3 is 3.07 bits per heavy atom. The predicted molar refractivity (Wildman–Crippen MR) is 57.4 cm³/mol. The number of nitrogens with one attached hydrogen (secondary N) is 1. The van der Waals surface area contributed by atoms with Crippen molar-refractivity contribution >= 4 is 23.0 Å². The molecule has 3 N–H and O–H groups in total. The summed E-state index contributed by atoms with van der Waals surface area (Å²) >= 11 is 0. The summed E-state index contributed by atoms with van der Waals surface area (Å²) in [7, 11) is 1.96. The summed E-state index contributed by atoms with van der Waals surface area (Å²) in [6, 6.07) is 5.50. The number of nitrogens with two attached hydrogens (primary N) is 1. The van der Waals surface area contributed by atoms with E-state index in [9.17, 15) is 4.79 Å². The van der Waals surface area contributed by atoms with Gasteiger partial charge in [0.1, 0.15) is 0 Å². The quantitative estimate of drug-likeness (QED) is 0.602. The van der Waals surface area contributed by atoms with Gasteiger partial charge >= 0.3 is 0 Å². The Labute approximate surface area is 82.7 Å². The van der Waals surface area contributed by atoms with Crippen molar-refractivity contribution in [2.45, 2.75) is 6.42 Å². The van der Waals surface area contributed by atoms with Gasteiger partial charge in [-0.05, 0) is 18.2 Å². The number of nitrogen functional groups attached to an aromatic ring is 1. The molecule has 14 heavy (non-hydrogen) atoms. The molecule has 4 heteroatoms. The van der Waals surface area contributed by atoms with Gasteiger partial charge in [-0.2, -0.15) is 0 Å². The van der Waals surface area contributed by atoms with E-state index in [4.69, 9.17) is 5.73 Å². The fraction of sp³-hybridized carbons (Fsp3) is 0.300. The van der Waals surface area contributed by atoms with Gasteiger partial charge < -0.3 is 16.0 Å². The van der Waals surface area contributed by atoms with E-state index < -0.39 is 0 Å². The fourth-order valence-electron chi connectivity index (χ4n) is 1.57. The molecule has 1 aliphatic rings. The van der Waals surface area contributed by atoms with Crippen molar-refractivity contribution < 1.29 is 4.79 Å². The van der Waals surface area contributed by atoms with Crippen LogP contribution in [0, 0.1) is 0 Å². The third-order valence-corrected chi connectivity index (χ3v) is 2.38. The van der Waals surface area contributed by atoms with Crippen LogP contribution in [0.25, 0.3) is 0 Å². The lowest BCUT2D eigenvalue weighted by Gasteiger charge is -2.18. The van der Waals surface area contributed by atoms with Gasteiger partial charge in [0.2, 0.25) is 5.91 Å². The summed E-state index contributed by atoms with van der Waals surface area (Å²) in [5.41, 5.74) is 8.22. The molecule has 0 saturated heterocycles. The largest absolute Gasteiger partial charge is 0.399 e. The van der Waals surface area contributed by atoms with E-state index in [2.05, 4.69) is 5.32 Å². The second kappa shape index (κ2) is 3.21. The topological polar surface area (TPSA) is 58.4 Å². The van der Waals surface area contributed by atoms with Gasteiger partial charge in [-0.3, -0.25) is 4.79 Å². The summed E-state index contributed by atoms with van der Waals surface area (Å²) in [6.07, 6.45) is 0.519. The zero-order chi connectivity index (χ0) is 10.1. The van der Waals surface area contributed by atoms with Crippen LogP contribution in [0.1, 0.15) is 6.42 Å². The first-order valence-electron chi connectivity index (χ1n) is 4.57. The van der Waals surface area contributed by atoms with Crippen LogP contribution in [0.3, 0.4) is 0 Å². The first-order chi connectivity index (χ1) is 6.66. The van der Waals surface area contributed by atoms with Crippen molar-refractivity contribution in [3.8, 4) is 0 Å². The number of benzene rings is 1. The molecular formula is C10H13N3O. The highest BCUT2D eigenvalue weighted by atomic mass is 16.1. The second-order valence-corrected chi connectivity index (χ2v) is 3.50. The van der Waals surface area contributed by atoms with Crippen LogP contribution in [0.2, 0.25) is 0 Å². The number of fused-ring (bicyclic) bond motifs is 1. The highest BCUT2D eigenvalue weighted by Crippen LogP contribution is 2.29. The highest BCUT2D eigenvalue weighted by molar-refractivity contribution is 5.96. The van der Waals surface area contributed by atoms with Gasteiger partial charge in [0, 0.05) is 25.7 Å². The average Bonchev–Trinajstić information content (AvgIpc) is 2.29. The van der Waals surface area contributed by atoms with E-state index in [1.54, 1.807) is 6.07 Å². The lowest BCUT2D eigenvalue weighted by molar-refractivity contribution is -0.115. The summed E-state index contributed by atoms with van der Waals surface area (Å²) in [5.74, 6) is 0.0559. The third-order valence-electron chi connectivity index (χ3n) is 2.38. The molecule has 0 saturated carbocycles. The Bertz CT molecular complexity index is 376. The minimum Gasteiger partial charge on any atom is -0.399 e. The fourth-order valence-corrected chi connectivity index (χ4v) is 1.57. The van der Waals surface area contributed by atoms with Crippen LogP contribution in [0.15, 0.2) is 18.2 Å². The molecule has 1 aliphatic heterocycles. The number of anilines is 3. The Balaban J connectivity index is 2.46. The van der Waals surface area contributed by atoms with Crippen LogP contribution in [0.4, 0.5) is 17.1 Å². The van der Waals surface area contributed by atoms with Gasteiger partial charge in [0.05, 0.1) is 11.4 Å². The minimum atomic E-state index is 0.0559. The third kappa shape index (κ3) is 1.51. The summed E-state index contributed by atoms with van der Waals surface area (Å²) in [4.78, 5) is 13.3. The molecule has 0 unspecified atom stereocenters. The van der Waals surface area contributed by atoms with Crippen molar-refractivity contribution in [3.63, 3.8) is 0 Å². The van der Waals surface area contributed by atoms with Gasteiger partial charge in [-0.1, -0.05) is 0 Å². The van der Waals surface area contributed by atoms with Crippen LogP contribution in [-0.4, -0.2) is 19.5 Å². The molecule has 0 spiro atoms.